The van der Waals surface area contributed by atoms with Gasteiger partial charge in [0.25, 0.3) is 0 Å². The van der Waals surface area contributed by atoms with Crippen LogP contribution in [0, 0.1) is 0 Å². The Balaban J connectivity index is 3.34. The predicted octanol–water partition coefficient (Wildman–Crippen LogP) is 4.03. The molecule has 0 saturated heterocycles. The van der Waals surface area contributed by atoms with Crippen molar-refractivity contribution in [1.29, 1.82) is 0 Å². The molecule has 0 aliphatic heterocycles. The van der Waals surface area contributed by atoms with Gasteiger partial charge >= 0.3 is 12.4 Å². The van der Waals surface area contributed by atoms with Gasteiger partial charge in [-0.15, -0.1) is 0 Å². The van der Waals surface area contributed by atoms with Crippen molar-refractivity contribution in [3.63, 3.8) is 0 Å². The van der Waals surface area contributed by atoms with E-state index in [0.717, 1.165) is 0 Å². The van der Waals surface area contributed by atoms with Gasteiger partial charge < -0.3 is 0 Å². The molecule has 1 aromatic rings. The van der Waals surface area contributed by atoms with Crippen molar-refractivity contribution in [1.82, 2.24) is 0 Å². The Bertz CT molecular complexity index is 462. The summed E-state index contributed by atoms with van der Waals surface area (Å²) >= 11 is 4.94. The lowest BCUT2D eigenvalue weighted by Crippen LogP contribution is -2.14. The zero-order valence-corrected chi connectivity index (χ0v) is 9.25. The molecule has 0 amide bonds. The molecule has 8 heteroatoms. The first-order chi connectivity index (χ1) is 8.01. The summed E-state index contributed by atoms with van der Waals surface area (Å²) < 4.78 is 74.5. The minimum absolute atomic E-state index is 0.0326. The molecule has 0 unspecified atom stereocenters. The fourth-order valence-electron chi connectivity index (χ4n) is 1.32. The number of hydrogen-bond acceptors (Lipinski definition) is 1. The lowest BCUT2D eigenvalue weighted by atomic mass is 10.0. The van der Waals surface area contributed by atoms with E-state index in [-0.39, 0.29) is 6.07 Å². The van der Waals surface area contributed by atoms with Gasteiger partial charge in [-0.3, -0.25) is 4.79 Å². The number of hydrogen-bond donors (Lipinski definition) is 0. The van der Waals surface area contributed by atoms with Gasteiger partial charge in [0.1, 0.15) is 0 Å². The smallest absolute Gasteiger partial charge is 0.281 e. The minimum Gasteiger partial charge on any atom is -0.281 e. The Labute approximate surface area is 102 Å². The fraction of sp³-hybridized carbons (Fsp3) is 0.300. The van der Waals surface area contributed by atoms with Crippen LogP contribution in [0.4, 0.5) is 26.3 Å². The van der Waals surface area contributed by atoms with Crippen LogP contribution >= 0.6 is 11.6 Å². The summed E-state index contributed by atoms with van der Waals surface area (Å²) in [7, 11) is 0. The van der Waals surface area contributed by atoms with Gasteiger partial charge in [-0.25, -0.2) is 0 Å². The monoisotopic (exact) mass is 290 g/mol. The van der Waals surface area contributed by atoms with Crippen LogP contribution in [0.1, 0.15) is 16.7 Å². The second-order valence-corrected chi connectivity index (χ2v) is 3.82. The third-order valence-corrected chi connectivity index (χ3v) is 2.21. The van der Waals surface area contributed by atoms with Crippen LogP contribution in [0.15, 0.2) is 18.2 Å². The molecular formula is C10H5ClF6O. The van der Waals surface area contributed by atoms with E-state index in [1.54, 1.807) is 0 Å². The molecule has 0 fully saturated rings. The standard InChI is InChI=1S/C10H5ClF6O/c11-8(18)3-5-1-2-6(9(12,13)14)4-7(5)10(15,16)17/h1-2,4H,3H2. The third kappa shape index (κ3) is 3.63. The molecule has 0 N–H and O–H groups in total. The first kappa shape index (κ1) is 14.8. The maximum absolute atomic E-state index is 12.5. The highest BCUT2D eigenvalue weighted by molar-refractivity contribution is 6.63. The Kier molecular flexibility index (Phi) is 3.95. The summed E-state index contributed by atoms with van der Waals surface area (Å²) in [5, 5.41) is -1.08. The second-order valence-electron chi connectivity index (χ2n) is 3.40. The number of benzene rings is 1. The number of carbonyl (C=O) groups excluding carboxylic acids is 1. The Morgan fingerprint density at radius 3 is 2.00 bits per heavy atom. The minimum atomic E-state index is -4.98. The summed E-state index contributed by atoms with van der Waals surface area (Å²) in [4.78, 5) is 10.6. The summed E-state index contributed by atoms with van der Waals surface area (Å²) in [6.45, 7) is 0. The topological polar surface area (TPSA) is 17.1 Å². The lowest BCUT2D eigenvalue weighted by molar-refractivity contribution is -0.143. The van der Waals surface area contributed by atoms with E-state index in [1.165, 1.54) is 0 Å². The normalized spacial score (nSPS) is 12.6. The average molecular weight is 291 g/mol. The first-order valence-corrected chi connectivity index (χ1v) is 4.85. The zero-order chi connectivity index (χ0) is 14.1. The second kappa shape index (κ2) is 4.79. The highest BCUT2D eigenvalue weighted by atomic mass is 35.5. The van der Waals surface area contributed by atoms with E-state index in [0.29, 0.717) is 12.1 Å². The molecule has 0 bridgehead atoms. The largest absolute Gasteiger partial charge is 0.416 e. The van der Waals surface area contributed by atoms with E-state index >= 15 is 0 Å². The van der Waals surface area contributed by atoms with Crippen LogP contribution in [-0.4, -0.2) is 5.24 Å². The van der Waals surface area contributed by atoms with Gasteiger partial charge in [0.15, 0.2) is 0 Å². The van der Waals surface area contributed by atoms with Crippen molar-refractivity contribution in [2.45, 2.75) is 18.8 Å². The van der Waals surface area contributed by atoms with Crippen LogP contribution in [0.5, 0.6) is 0 Å². The number of alkyl halides is 6. The molecule has 0 spiro atoms. The van der Waals surface area contributed by atoms with E-state index < -0.39 is 40.7 Å². The molecule has 0 aliphatic carbocycles. The molecule has 0 saturated carbocycles. The molecule has 1 aromatic carbocycles. The molecular weight excluding hydrogens is 286 g/mol. The van der Waals surface area contributed by atoms with Gasteiger partial charge in [-0.2, -0.15) is 26.3 Å². The molecule has 0 atom stereocenters. The highest BCUT2D eigenvalue weighted by Crippen LogP contribution is 2.37. The summed E-state index contributed by atoms with van der Waals surface area (Å²) in [6, 6.07) is 1.05. The van der Waals surface area contributed by atoms with Gasteiger partial charge in [0.05, 0.1) is 11.1 Å². The van der Waals surface area contributed by atoms with Gasteiger partial charge in [-0.1, -0.05) is 6.07 Å². The highest BCUT2D eigenvalue weighted by Gasteiger charge is 2.38. The first-order valence-electron chi connectivity index (χ1n) is 4.47. The van der Waals surface area contributed by atoms with Crippen molar-refractivity contribution in [2.24, 2.45) is 0 Å². The van der Waals surface area contributed by atoms with Crippen LogP contribution < -0.4 is 0 Å². The van der Waals surface area contributed by atoms with Crippen LogP contribution in [0.25, 0.3) is 0 Å². The van der Waals surface area contributed by atoms with Crippen molar-refractivity contribution in [3.05, 3.63) is 34.9 Å². The molecule has 0 radical (unpaired) electrons. The summed E-state index contributed by atoms with van der Waals surface area (Å²) in [6.07, 6.45) is -10.7. The average Bonchev–Trinajstić information content (AvgIpc) is 2.13. The molecule has 0 heterocycles. The quantitative estimate of drug-likeness (QED) is 0.593. The van der Waals surface area contributed by atoms with Crippen LogP contribution in [0.3, 0.4) is 0 Å². The maximum Gasteiger partial charge on any atom is 0.416 e. The van der Waals surface area contributed by atoms with E-state index in [1.807, 2.05) is 0 Å². The Hall–Kier alpha value is -1.24. The number of carbonyl (C=O) groups is 1. The van der Waals surface area contributed by atoms with E-state index in [2.05, 4.69) is 0 Å². The number of halogens is 7. The predicted molar refractivity (Wildman–Crippen MR) is 51.0 cm³/mol. The van der Waals surface area contributed by atoms with Crippen molar-refractivity contribution >= 4 is 16.8 Å². The SMILES string of the molecule is O=C(Cl)Cc1ccc(C(F)(F)F)cc1C(F)(F)F. The molecule has 1 nitrogen and oxygen atoms in total. The number of rotatable bonds is 2. The van der Waals surface area contributed by atoms with Crippen LogP contribution in [0.2, 0.25) is 0 Å². The van der Waals surface area contributed by atoms with Crippen LogP contribution in [-0.2, 0) is 23.6 Å². The van der Waals surface area contributed by atoms with Gasteiger partial charge in [0.2, 0.25) is 5.24 Å². The van der Waals surface area contributed by atoms with E-state index in [4.69, 9.17) is 11.6 Å². The van der Waals surface area contributed by atoms with E-state index in [9.17, 15) is 31.1 Å². The molecule has 100 valence electrons. The lowest BCUT2D eigenvalue weighted by Gasteiger charge is -2.14. The fourth-order valence-corrected chi connectivity index (χ4v) is 1.46. The molecule has 18 heavy (non-hydrogen) atoms. The van der Waals surface area contributed by atoms with Crippen molar-refractivity contribution in [3.8, 4) is 0 Å². The third-order valence-electron chi connectivity index (χ3n) is 2.07. The molecule has 1 rings (SSSR count). The van der Waals surface area contributed by atoms with Crippen molar-refractivity contribution < 1.29 is 31.1 Å². The zero-order valence-electron chi connectivity index (χ0n) is 8.49. The Morgan fingerprint density at radius 1 is 1.06 bits per heavy atom. The maximum atomic E-state index is 12.5. The Morgan fingerprint density at radius 2 is 1.61 bits per heavy atom. The summed E-state index contributed by atoms with van der Waals surface area (Å²) in [5.41, 5.74) is -3.53. The van der Waals surface area contributed by atoms with Gasteiger partial charge in [-0.05, 0) is 29.3 Å². The summed E-state index contributed by atoms with van der Waals surface area (Å²) in [5.74, 6) is 0. The molecule has 0 aromatic heterocycles. The van der Waals surface area contributed by atoms with Crippen molar-refractivity contribution in [2.75, 3.05) is 0 Å². The molecule has 0 aliphatic rings. The van der Waals surface area contributed by atoms with Gasteiger partial charge in [0, 0.05) is 6.42 Å².